The van der Waals surface area contributed by atoms with Crippen LogP contribution >= 0.6 is 0 Å². The molecule has 9 heteroatoms. The molecule has 1 fully saturated rings. The van der Waals surface area contributed by atoms with Gasteiger partial charge < -0.3 is 10.2 Å². The Morgan fingerprint density at radius 1 is 0.969 bits per heavy atom. The Hall–Kier alpha value is -2.78. The van der Waals surface area contributed by atoms with Crippen LogP contribution in [0.15, 0.2) is 58.4 Å². The highest BCUT2D eigenvalue weighted by Gasteiger charge is 2.41. The van der Waals surface area contributed by atoms with E-state index in [9.17, 15) is 13.2 Å². The molecule has 0 spiro atoms. The molecule has 1 saturated heterocycles. The zero-order valence-corrected chi connectivity index (χ0v) is 19.1. The quantitative estimate of drug-likeness (QED) is 0.727. The number of rotatable bonds is 4. The van der Waals surface area contributed by atoms with Crippen molar-refractivity contribution in [2.45, 2.75) is 36.4 Å². The number of fused-ring (bicyclic) bond motifs is 1. The van der Waals surface area contributed by atoms with Gasteiger partial charge in [0.05, 0.1) is 4.90 Å². The molecule has 0 radical (unpaired) electrons. The van der Waals surface area contributed by atoms with Gasteiger partial charge in [0.1, 0.15) is 0 Å². The van der Waals surface area contributed by atoms with Crippen molar-refractivity contribution in [3.05, 3.63) is 70.3 Å². The van der Waals surface area contributed by atoms with Crippen LogP contribution in [0.3, 0.4) is 0 Å². The van der Waals surface area contributed by atoms with Crippen molar-refractivity contribution in [3.8, 4) is 0 Å². The van der Waals surface area contributed by atoms with Gasteiger partial charge in [-0.05, 0) is 68.3 Å². The summed E-state index contributed by atoms with van der Waals surface area (Å²) in [7, 11) is -3.20. The van der Waals surface area contributed by atoms with Gasteiger partial charge in [-0.3, -0.25) is 14.8 Å². The molecule has 2 aromatic rings. The molecule has 3 heterocycles. The molecule has 1 aliphatic carbocycles. The number of H-pyrrole nitrogens is 1. The summed E-state index contributed by atoms with van der Waals surface area (Å²) in [6, 6.07) is 7.06. The Bertz CT molecular complexity index is 1220. The first-order valence-electron chi connectivity index (χ1n) is 11.1. The van der Waals surface area contributed by atoms with Crippen LogP contribution in [0.5, 0.6) is 0 Å². The minimum atomic E-state index is -3.20. The molecule has 1 aromatic carbocycles. The van der Waals surface area contributed by atoms with Crippen LogP contribution in [0, 0.1) is 0 Å². The van der Waals surface area contributed by atoms with Gasteiger partial charge in [0.15, 0.2) is 9.84 Å². The lowest BCUT2D eigenvalue weighted by atomic mass is 9.98. The summed E-state index contributed by atoms with van der Waals surface area (Å²) in [5.74, 6) is -0.755. The summed E-state index contributed by atoms with van der Waals surface area (Å²) >= 11 is 0. The Morgan fingerprint density at radius 2 is 1.69 bits per heavy atom. The van der Waals surface area contributed by atoms with Crippen molar-refractivity contribution in [2.75, 3.05) is 37.3 Å². The Morgan fingerprint density at radius 3 is 2.31 bits per heavy atom. The van der Waals surface area contributed by atoms with Crippen LogP contribution in [0.4, 0.5) is 5.69 Å². The third kappa shape index (κ3) is 3.59. The predicted octanol–water partition coefficient (Wildman–Crippen LogP) is 1.56. The summed E-state index contributed by atoms with van der Waals surface area (Å²) < 4.78 is 25.2. The minimum Gasteiger partial charge on any atom is -0.369 e. The molecule has 8 nitrogen and oxygen atoms in total. The third-order valence-corrected chi connectivity index (χ3v) is 7.87. The molecular weight excluding hydrogens is 426 g/mol. The highest BCUT2D eigenvalue weighted by Crippen LogP contribution is 2.27. The Kier molecular flexibility index (Phi) is 5.25. The SMILES string of the molecule is CS(=O)(=O)c1ccc(N2CCN(C3(n4[nH]c5c(c4=O)CCCC5)C=CC=CN3)CC2)cc1. The fourth-order valence-electron chi connectivity index (χ4n) is 4.98. The molecule has 0 bridgehead atoms. The maximum absolute atomic E-state index is 13.3. The van der Waals surface area contributed by atoms with E-state index < -0.39 is 15.6 Å². The number of anilines is 1. The number of dihydropyridines is 1. The molecule has 1 unspecified atom stereocenters. The molecular formula is C23H29N5O3S. The van der Waals surface area contributed by atoms with Gasteiger partial charge >= 0.3 is 0 Å². The van der Waals surface area contributed by atoms with Gasteiger partial charge in [-0.2, -0.15) is 0 Å². The highest BCUT2D eigenvalue weighted by molar-refractivity contribution is 7.90. The molecule has 0 saturated carbocycles. The van der Waals surface area contributed by atoms with Crippen LogP contribution in [-0.2, 0) is 28.5 Å². The van der Waals surface area contributed by atoms with Crippen molar-refractivity contribution in [1.82, 2.24) is 20.0 Å². The predicted molar refractivity (Wildman–Crippen MR) is 124 cm³/mol. The number of piperazine rings is 1. The van der Waals surface area contributed by atoms with Crippen LogP contribution < -0.4 is 15.8 Å². The first kappa shape index (κ1) is 21.1. The maximum Gasteiger partial charge on any atom is 0.273 e. The topological polar surface area (TPSA) is 90.4 Å². The largest absolute Gasteiger partial charge is 0.369 e. The second-order valence-electron chi connectivity index (χ2n) is 8.75. The average Bonchev–Trinajstić information content (AvgIpc) is 3.16. The molecule has 32 heavy (non-hydrogen) atoms. The van der Waals surface area contributed by atoms with Gasteiger partial charge in [-0.25, -0.2) is 13.1 Å². The molecule has 2 aliphatic heterocycles. The fourth-order valence-corrected chi connectivity index (χ4v) is 5.61. The van der Waals surface area contributed by atoms with Crippen molar-refractivity contribution in [2.24, 2.45) is 0 Å². The van der Waals surface area contributed by atoms with Crippen molar-refractivity contribution in [3.63, 3.8) is 0 Å². The summed E-state index contributed by atoms with van der Waals surface area (Å²) in [4.78, 5) is 18.2. The van der Waals surface area contributed by atoms with Gasteiger partial charge in [-0.15, -0.1) is 0 Å². The lowest BCUT2D eigenvalue weighted by Gasteiger charge is -2.47. The number of hydrogen-bond donors (Lipinski definition) is 2. The van der Waals surface area contributed by atoms with E-state index in [0.717, 1.165) is 68.8 Å². The van der Waals surface area contributed by atoms with E-state index in [-0.39, 0.29) is 5.56 Å². The third-order valence-electron chi connectivity index (χ3n) is 6.74. The number of allylic oxidation sites excluding steroid dienone is 2. The number of aryl methyl sites for hydroxylation is 1. The smallest absolute Gasteiger partial charge is 0.273 e. The van der Waals surface area contributed by atoms with Crippen LogP contribution in [0.2, 0.25) is 0 Å². The second kappa shape index (κ2) is 7.97. The normalized spacial score (nSPS) is 23.7. The zero-order valence-electron chi connectivity index (χ0n) is 18.3. The number of nitrogens with one attached hydrogen (secondary N) is 2. The van der Waals surface area contributed by atoms with Gasteiger partial charge in [-0.1, -0.05) is 6.08 Å². The number of hydrogen-bond acceptors (Lipinski definition) is 6. The van der Waals surface area contributed by atoms with Crippen molar-refractivity contribution >= 4 is 15.5 Å². The second-order valence-corrected chi connectivity index (χ2v) is 10.8. The van der Waals surface area contributed by atoms with Gasteiger partial charge in [0.25, 0.3) is 5.56 Å². The number of aromatic amines is 1. The molecule has 170 valence electrons. The molecule has 1 aromatic heterocycles. The van der Waals surface area contributed by atoms with Crippen molar-refractivity contribution < 1.29 is 8.42 Å². The molecule has 5 rings (SSSR count). The Labute approximate surface area is 188 Å². The van der Waals surface area contributed by atoms with Crippen LogP contribution in [0.25, 0.3) is 0 Å². The maximum atomic E-state index is 13.3. The van der Waals surface area contributed by atoms with E-state index in [0.29, 0.717) is 4.90 Å². The van der Waals surface area contributed by atoms with Gasteiger partial charge in [0.2, 0.25) is 5.79 Å². The molecule has 2 N–H and O–H groups in total. The Balaban J connectivity index is 1.39. The number of nitrogens with zero attached hydrogens (tertiary/aromatic N) is 3. The summed E-state index contributed by atoms with van der Waals surface area (Å²) in [6.07, 6.45) is 13.0. The van der Waals surface area contributed by atoms with E-state index in [2.05, 4.69) is 20.2 Å². The standard InChI is InChI=1S/C23H29N5O3S/c1-32(30,31)19-10-8-18(9-11-19)26-14-16-27(17-15-26)23(12-4-5-13-24-23)28-22(29)20-6-2-3-7-21(20)25-28/h4-5,8-13,24-25H,2-3,6-7,14-17H2,1H3. The van der Waals surface area contributed by atoms with E-state index in [1.165, 1.54) is 6.26 Å². The number of benzene rings is 1. The van der Waals surface area contributed by atoms with E-state index in [1.807, 2.05) is 36.6 Å². The highest BCUT2D eigenvalue weighted by atomic mass is 32.2. The first-order valence-corrected chi connectivity index (χ1v) is 13.0. The van der Waals surface area contributed by atoms with E-state index in [1.54, 1.807) is 16.8 Å². The van der Waals surface area contributed by atoms with Crippen LogP contribution in [0.1, 0.15) is 24.1 Å². The lowest BCUT2D eigenvalue weighted by Crippen LogP contribution is -2.65. The molecule has 1 atom stereocenters. The van der Waals surface area contributed by atoms with Crippen LogP contribution in [-0.4, -0.2) is 55.5 Å². The number of sulfone groups is 1. The van der Waals surface area contributed by atoms with Gasteiger partial charge in [0, 0.05) is 49.4 Å². The first-order chi connectivity index (χ1) is 15.4. The molecule has 0 amide bonds. The van der Waals surface area contributed by atoms with E-state index in [4.69, 9.17) is 0 Å². The fraction of sp³-hybridized carbons (Fsp3) is 0.435. The molecule has 3 aliphatic rings. The summed E-state index contributed by atoms with van der Waals surface area (Å²) in [6.45, 7) is 3.03. The summed E-state index contributed by atoms with van der Waals surface area (Å²) in [5, 5.41) is 6.87. The number of aromatic nitrogens is 2. The monoisotopic (exact) mass is 455 g/mol. The van der Waals surface area contributed by atoms with Crippen molar-refractivity contribution in [1.29, 1.82) is 0 Å². The zero-order chi connectivity index (χ0) is 22.3. The average molecular weight is 456 g/mol. The minimum absolute atomic E-state index is 0.0611. The van der Waals surface area contributed by atoms with E-state index >= 15 is 0 Å². The summed E-state index contributed by atoms with van der Waals surface area (Å²) in [5.41, 5.74) is 3.05. The lowest BCUT2D eigenvalue weighted by molar-refractivity contribution is 0.0216.